The number of hydrogen-bond acceptors (Lipinski definition) is 4. The highest BCUT2D eigenvalue weighted by Gasteiger charge is 2.30. The molecular formula is C14H21N5O2S. The highest BCUT2D eigenvalue weighted by Crippen LogP contribution is 2.20. The van der Waals surface area contributed by atoms with Gasteiger partial charge in [0, 0.05) is 51.3 Å². The summed E-state index contributed by atoms with van der Waals surface area (Å²) in [7, 11) is -1.69. The van der Waals surface area contributed by atoms with E-state index in [1.54, 1.807) is 17.5 Å². The van der Waals surface area contributed by atoms with Crippen LogP contribution in [0.2, 0.25) is 0 Å². The summed E-state index contributed by atoms with van der Waals surface area (Å²) in [6, 6.07) is 2.39. The van der Waals surface area contributed by atoms with Gasteiger partial charge in [-0.1, -0.05) is 0 Å². The largest absolute Gasteiger partial charge is 0.367 e. The summed E-state index contributed by atoms with van der Waals surface area (Å²) in [6.45, 7) is 1.90. The maximum absolute atomic E-state index is 12.5. The number of nitrogens with zero attached hydrogens (tertiary/aromatic N) is 3. The number of aryl methyl sites for hydroxylation is 1. The van der Waals surface area contributed by atoms with Gasteiger partial charge in [0.05, 0.1) is 6.20 Å². The standard InChI is InChI=1S/C14H21N5O2S/c1-18-11-14(10-17-18)22(20,21)19-6-3-13(4-7-19)16-9-12-2-5-15-8-12/h2,5,8,10-11,13,15-16H,3-4,6-7,9H2,1H3. The van der Waals surface area contributed by atoms with E-state index in [0.29, 0.717) is 19.1 Å². The SMILES string of the molecule is Cn1cc(S(=O)(=O)N2CCC(NCc3cc[nH]c3)CC2)cn1. The molecule has 0 saturated carbocycles. The predicted octanol–water partition coefficient (Wildman–Crippen LogP) is 0.691. The molecule has 22 heavy (non-hydrogen) atoms. The average Bonchev–Trinajstić information content (AvgIpc) is 3.17. The second kappa shape index (κ2) is 6.23. The van der Waals surface area contributed by atoms with Crippen LogP contribution in [0.25, 0.3) is 0 Å². The van der Waals surface area contributed by atoms with Crippen LogP contribution in [0.4, 0.5) is 0 Å². The number of sulfonamides is 1. The number of piperidine rings is 1. The van der Waals surface area contributed by atoms with Crippen LogP contribution in [0.1, 0.15) is 18.4 Å². The number of hydrogen-bond donors (Lipinski definition) is 2. The number of H-pyrrole nitrogens is 1. The van der Waals surface area contributed by atoms with Crippen molar-refractivity contribution in [3.63, 3.8) is 0 Å². The molecule has 8 heteroatoms. The second-order valence-corrected chi connectivity index (χ2v) is 7.57. The first-order valence-corrected chi connectivity index (χ1v) is 8.83. The zero-order valence-electron chi connectivity index (χ0n) is 12.6. The quantitative estimate of drug-likeness (QED) is 0.848. The highest BCUT2D eigenvalue weighted by atomic mass is 32.2. The zero-order valence-corrected chi connectivity index (χ0v) is 13.4. The maximum atomic E-state index is 12.5. The molecule has 1 aliphatic heterocycles. The van der Waals surface area contributed by atoms with E-state index in [2.05, 4.69) is 15.4 Å². The van der Waals surface area contributed by atoms with Gasteiger partial charge in [0.15, 0.2) is 0 Å². The molecule has 1 saturated heterocycles. The van der Waals surface area contributed by atoms with Crippen LogP contribution in [0.5, 0.6) is 0 Å². The topological polar surface area (TPSA) is 83.0 Å². The Labute approximate surface area is 130 Å². The zero-order chi connectivity index (χ0) is 15.6. The molecule has 2 N–H and O–H groups in total. The van der Waals surface area contributed by atoms with Gasteiger partial charge in [-0.3, -0.25) is 4.68 Å². The molecule has 0 amide bonds. The number of aromatic amines is 1. The molecule has 120 valence electrons. The fourth-order valence-corrected chi connectivity index (χ4v) is 4.17. The monoisotopic (exact) mass is 323 g/mol. The van der Waals surface area contributed by atoms with E-state index >= 15 is 0 Å². The first-order chi connectivity index (χ1) is 10.6. The lowest BCUT2D eigenvalue weighted by molar-refractivity contribution is 0.288. The van der Waals surface area contributed by atoms with Gasteiger partial charge in [-0.05, 0) is 24.5 Å². The van der Waals surface area contributed by atoms with Gasteiger partial charge >= 0.3 is 0 Å². The third-order valence-corrected chi connectivity index (χ3v) is 5.88. The van der Waals surface area contributed by atoms with E-state index in [9.17, 15) is 8.42 Å². The van der Waals surface area contributed by atoms with Crippen LogP contribution in [-0.4, -0.2) is 46.6 Å². The summed E-state index contributed by atoms with van der Waals surface area (Å²) < 4.78 is 28.1. The molecule has 0 aromatic carbocycles. The Morgan fingerprint density at radius 2 is 2.18 bits per heavy atom. The van der Waals surface area contributed by atoms with Gasteiger partial charge < -0.3 is 10.3 Å². The maximum Gasteiger partial charge on any atom is 0.246 e. The van der Waals surface area contributed by atoms with E-state index in [-0.39, 0.29) is 4.90 Å². The molecule has 3 heterocycles. The Hall–Kier alpha value is -1.64. The Morgan fingerprint density at radius 3 is 2.77 bits per heavy atom. The van der Waals surface area contributed by atoms with Crippen molar-refractivity contribution in [1.82, 2.24) is 24.4 Å². The van der Waals surface area contributed by atoms with E-state index in [4.69, 9.17) is 0 Å². The van der Waals surface area contributed by atoms with Crippen LogP contribution in [0, 0.1) is 0 Å². The molecule has 7 nitrogen and oxygen atoms in total. The van der Waals surface area contributed by atoms with Crippen LogP contribution in [0.3, 0.4) is 0 Å². The van der Waals surface area contributed by atoms with Crippen molar-refractivity contribution in [2.75, 3.05) is 13.1 Å². The van der Waals surface area contributed by atoms with Gasteiger partial charge in [-0.15, -0.1) is 0 Å². The lowest BCUT2D eigenvalue weighted by Crippen LogP contribution is -2.44. The summed E-state index contributed by atoms with van der Waals surface area (Å²) in [5.41, 5.74) is 1.21. The molecule has 1 fully saturated rings. The van der Waals surface area contributed by atoms with Crippen molar-refractivity contribution < 1.29 is 8.42 Å². The van der Waals surface area contributed by atoms with Crippen LogP contribution in [-0.2, 0) is 23.6 Å². The van der Waals surface area contributed by atoms with Gasteiger partial charge in [0.2, 0.25) is 10.0 Å². The first kappa shape index (κ1) is 15.3. The fraction of sp³-hybridized carbons (Fsp3) is 0.500. The van der Waals surface area contributed by atoms with Crippen molar-refractivity contribution in [2.24, 2.45) is 7.05 Å². The third-order valence-electron chi connectivity index (χ3n) is 4.03. The Morgan fingerprint density at radius 1 is 1.41 bits per heavy atom. The minimum atomic E-state index is -3.41. The summed E-state index contributed by atoms with van der Waals surface area (Å²) in [5.74, 6) is 0. The molecule has 0 atom stereocenters. The van der Waals surface area contributed by atoms with Gasteiger partial charge in [0.1, 0.15) is 4.90 Å². The first-order valence-electron chi connectivity index (χ1n) is 7.39. The van der Waals surface area contributed by atoms with Crippen LogP contribution in [0.15, 0.2) is 35.7 Å². The molecule has 0 radical (unpaired) electrons. The van der Waals surface area contributed by atoms with E-state index in [0.717, 1.165) is 19.4 Å². The van der Waals surface area contributed by atoms with Crippen molar-refractivity contribution in [3.8, 4) is 0 Å². The van der Waals surface area contributed by atoms with Crippen molar-refractivity contribution in [2.45, 2.75) is 30.3 Å². The second-order valence-electron chi connectivity index (χ2n) is 5.63. The van der Waals surface area contributed by atoms with E-state index < -0.39 is 10.0 Å². The minimum Gasteiger partial charge on any atom is -0.367 e. The molecule has 0 unspecified atom stereocenters. The van der Waals surface area contributed by atoms with Crippen LogP contribution < -0.4 is 5.32 Å². The number of nitrogens with one attached hydrogen (secondary N) is 2. The summed E-state index contributed by atoms with van der Waals surface area (Å²) in [6.07, 6.45) is 8.47. The van der Waals surface area contributed by atoms with E-state index in [1.807, 2.05) is 18.5 Å². The molecule has 0 bridgehead atoms. The number of aromatic nitrogens is 3. The van der Waals surface area contributed by atoms with Gasteiger partial charge in [-0.25, -0.2) is 8.42 Å². The van der Waals surface area contributed by atoms with E-state index in [1.165, 1.54) is 16.4 Å². The number of rotatable bonds is 5. The fourth-order valence-electron chi connectivity index (χ4n) is 2.71. The minimum absolute atomic E-state index is 0.272. The van der Waals surface area contributed by atoms with Crippen LogP contribution >= 0.6 is 0 Å². The summed E-state index contributed by atoms with van der Waals surface area (Å²) in [4.78, 5) is 3.30. The lowest BCUT2D eigenvalue weighted by Gasteiger charge is -2.31. The molecule has 0 aliphatic carbocycles. The smallest absolute Gasteiger partial charge is 0.246 e. The van der Waals surface area contributed by atoms with Crippen molar-refractivity contribution in [1.29, 1.82) is 0 Å². The Kier molecular flexibility index (Phi) is 4.32. The van der Waals surface area contributed by atoms with Gasteiger partial charge in [-0.2, -0.15) is 9.40 Å². The molecule has 1 aliphatic rings. The molecule has 3 rings (SSSR count). The lowest BCUT2D eigenvalue weighted by atomic mass is 10.1. The normalized spacial score (nSPS) is 17.9. The summed E-state index contributed by atoms with van der Waals surface area (Å²) >= 11 is 0. The third kappa shape index (κ3) is 3.23. The molecule has 2 aromatic heterocycles. The Bertz CT molecular complexity index is 699. The van der Waals surface area contributed by atoms with Gasteiger partial charge in [0.25, 0.3) is 0 Å². The van der Waals surface area contributed by atoms with Crippen molar-refractivity contribution >= 4 is 10.0 Å². The summed E-state index contributed by atoms with van der Waals surface area (Å²) in [5, 5.41) is 7.43. The Balaban J connectivity index is 1.55. The molecule has 2 aromatic rings. The average molecular weight is 323 g/mol. The predicted molar refractivity (Wildman–Crippen MR) is 82.6 cm³/mol. The van der Waals surface area contributed by atoms with Crippen molar-refractivity contribution in [3.05, 3.63) is 36.4 Å². The molecule has 0 spiro atoms. The molecular weight excluding hydrogens is 302 g/mol. The highest BCUT2D eigenvalue weighted by molar-refractivity contribution is 7.89.